The van der Waals surface area contributed by atoms with E-state index in [9.17, 15) is 14.7 Å². The Balaban J connectivity index is 3.06. The molecule has 0 spiro atoms. The number of nitrogens with two attached hydrogens (primary N) is 1. The molecule has 0 aliphatic heterocycles. The monoisotopic (exact) mass is 270 g/mol. The summed E-state index contributed by atoms with van der Waals surface area (Å²) in [6.07, 6.45) is -1.27. The second-order valence-electron chi connectivity index (χ2n) is 4.92. The normalized spacial score (nSPS) is 13.1. The van der Waals surface area contributed by atoms with E-state index in [1.807, 2.05) is 0 Å². The van der Waals surface area contributed by atoms with Gasteiger partial charge >= 0.3 is 0 Å². The number of carbonyl (C=O) groups is 2. The highest BCUT2D eigenvalue weighted by Gasteiger charge is 2.29. The third kappa shape index (κ3) is 2.98. The van der Waals surface area contributed by atoms with Crippen LogP contribution >= 0.6 is 11.3 Å². The minimum atomic E-state index is -1.27. The van der Waals surface area contributed by atoms with Crippen LogP contribution in [0.5, 0.6) is 0 Å². The zero-order valence-corrected chi connectivity index (χ0v) is 11.6. The van der Waals surface area contributed by atoms with Gasteiger partial charge < -0.3 is 20.5 Å². The van der Waals surface area contributed by atoms with Crippen molar-refractivity contribution in [3.05, 3.63) is 16.1 Å². The largest absolute Gasteiger partial charge is 0.530 e. The molecule has 6 nitrogen and oxygen atoms in total. The molecule has 1 unspecified atom stereocenters. The van der Waals surface area contributed by atoms with Crippen molar-refractivity contribution in [3.8, 4) is 0 Å². The number of thiazole rings is 1. The van der Waals surface area contributed by atoms with Gasteiger partial charge in [0.2, 0.25) is 0 Å². The van der Waals surface area contributed by atoms with Crippen molar-refractivity contribution in [3.63, 3.8) is 0 Å². The summed E-state index contributed by atoms with van der Waals surface area (Å²) in [5, 5.41) is 13.2. The Bertz CT molecular complexity index is 464. The lowest BCUT2D eigenvalue weighted by atomic mass is 10.0. The molecule has 0 aromatic carbocycles. The van der Waals surface area contributed by atoms with E-state index in [1.165, 1.54) is 21.6 Å². The highest BCUT2D eigenvalue weighted by molar-refractivity contribution is 7.09. The molecule has 0 saturated carbocycles. The smallest absolute Gasteiger partial charge is 0.268 e. The van der Waals surface area contributed by atoms with E-state index in [-0.39, 0.29) is 5.69 Å². The second-order valence-corrected chi connectivity index (χ2v) is 5.81. The molecular weight excluding hydrogens is 254 g/mol. The molecule has 0 bridgehead atoms. The van der Waals surface area contributed by atoms with Gasteiger partial charge in [-0.2, -0.15) is 0 Å². The highest BCUT2D eigenvalue weighted by atomic mass is 32.1. The number of hydrogen-bond donors (Lipinski definition) is 1. The van der Waals surface area contributed by atoms with Gasteiger partial charge in [-0.3, -0.25) is 4.79 Å². The third-order valence-electron chi connectivity index (χ3n) is 2.44. The predicted molar refractivity (Wildman–Crippen MR) is 66.0 cm³/mol. The van der Waals surface area contributed by atoms with Crippen molar-refractivity contribution in [1.82, 2.24) is 9.88 Å². The quantitative estimate of drug-likeness (QED) is 0.875. The average molecular weight is 270 g/mol. The maximum Gasteiger partial charge on any atom is 0.268 e. The van der Waals surface area contributed by atoms with Gasteiger partial charge in [-0.05, 0) is 27.7 Å². The fraction of sp³-hybridized carbons (Fsp3) is 0.545. The molecule has 0 aliphatic rings. The van der Waals surface area contributed by atoms with Crippen molar-refractivity contribution in [1.29, 1.82) is 0 Å². The van der Waals surface area contributed by atoms with Crippen molar-refractivity contribution >= 4 is 23.3 Å². The molecule has 1 atom stereocenters. The molecular formula is C11H16N3O3S-. The topological polar surface area (TPSA) is 99.3 Å². The molecule has 0 fully saturated rings. The molecule has 1 aromatic rings. The van der Waals surface area contributed by atoms with Crippen LogP contribution in [0.1, 0.15) is 49.2 Å². The molecule has 18 heavy (non-hydrogen) atoms. The van der Waals surface area contributed by atoms with Crippen LogP contribution in [0.25, 0.3) is 0 Å². The minimum absolute atomic E-state index is 0.147. The first kappa shape index (κ1) is 14.4. The standard InChI is InChI=1S/C11H17N3O3S/c1-6(14(10(16)17)11(2,3)4)9-13-7(5-18-9)8(12)15/h5-6H,1-4H3,(H2,12,15)(H,16,17)/p-1. The number of amides is 2. The van der Waals surface area contributed by atoms with Crippen LogP contribution in [-0.2, 0) is 0 Å². The maximum atomic E-state index is 11.2. The molecule has 0 aliphatic carbocycles. The van der Waals surface area contributed by atoms with E-state index in [2.05, 4.69) is 4.98 Å². The molecule has 7 heteroatoms. The summed E-state index contributed by atoms with van der Waals surface area (Å²) in [6.45, 7) is 7.00. The Hall–Kier alpha value is -1.63. The summed E-state index contributed by atoms with van der Waals surface area (Å²) < 4.78 is 0. The molecule has 1 aromatic heterocycles. The summed E-state index contributed by atoms with van der Waals surface area (Å²) in [5.74, 6) is -0.625. The van der Waals surface area contributed by atoms with Gasteiger partial charge in [0.15, 0.2) is 0 Å². The zero-order valence-electron chi connectivity index (χ0n) is 10.8. The summed E-state index contributed by atoms with van der Waals surface area (Å²) in [5.41, 5.74) is 4.64. The van der Waals surface area contributed by atoms with Gasteiger partial charge in [0.05, 0.1) is 6.04 Å². The maximum absolute atomic E-state index is 11.2. The Morgan fingerprint density at radius 2 is 2.06 bits per heavy atom. The molecule has 100 valence electrons. The van der Waals surface area contributed by atoms with Gasteiger partial charge in [-0.1, -0.05) is 0 Å². The summed E-state index contributed by atoms with van der Waals surface area (Å²) >= 11 is 1.20. The molecule has 1 rings (SSSR count). The van der Waals surface area contributed by atoms with Crippen molar-refractivity contribution in [2.24, 2.45) is 5.73 Å². The van der Waals surface area contributed by atoms with Crippen LogP contribution in [0.15, 0.2) is 5.38 Å². The fourth-order valence-electron chi connectivity index (χ4n) is 1.72. The third-order valence-corrected chi connectivity index (χ3v) is 3.45. The summed E-state index contributed by atoms with van der Waals surface area (Å²) in [4.78, 5) is 27.4. The van der Waals surface area contributed by atoms with E-state index in [0.717, 1.165) is 0 Å². The van der Waals surface area contributed by atoms with Gasteiger partial charge in [0.25, 0.3) is 5.91 Å². The van der Waals surface area contributed by atoms with Crippen molar-refractivity contribution in [2.75, 3.05) is 0 Å². The van der Waals surface area contributed by atoms with Crippen LogP contribution in [0.4, 0.5) is 4.79 Å². The molecule has 0 saturated heterocycles. The Labute approximate surface area is 109 Å². The number of carbonyl (C=O) groups excluding carboxylic acids is 2. The number of primary amides is 1. The Morgan fingerprint density at radius 1 is 1.50 bits per heavy atom. The summed E-state index contributed by atoms with van der Waals surface area (Å²) in [6, 6.07) is -0.493. The van der Waals surface area contributed by atoms with Gasteiger partial charge in [0.1, 0.15) is 16.8 Å². The molecule has 1 heterocycles. The predicted octanol–water partition coefficient (Wildman–Crippen LogP) is 0.747. The molecule has 2 N–H and O–H groups in total. The second kappa shape index (κ2) is 4.93. The number of nitrogens with zero attached hydrogens (tertiary/aromatic N) is 2. The van der Waals surface area contributed by atoms with Gasteiger partial charge in [0, 0.05) is 10.9 Å². The van der Waals surface area contributed by atoms with Gasteiger partial charge in [-0.25, -0.2) is 4.98 Å². The van der Waals surface area contributed by atoms with E-state index in [4.69, 9.17) is 5.73 Å². The highest BCUT2D eigenvalue weighted by Crippen LogP contribution is 2.29. The van der Waals surface area contributed by atoms with E-state index < -0.39 is 23.6 Å². The summed E-state index contributed by atoms with van der Waals surface area (Å²) in [7, 11) is 0. The van der Waals surface area contributed by atoms with Crippen LogP contribution in [0.3, 0.4) is 0 Å². The first-order valence-electron chi connectivity index (χ1n) is 5.40. The fourth-order valence-corrected chi connectivity index (χ4v) is 2.57. The number of hydrogen-bond acceptors (Lipinski definition) is 5. The number of rotatable bonds is 3. The Morgan fingerprint density at radius 3 is 2.39 bits per heavy atom. The van der Waals surface area contributed by atoms with Crippen LogP contribution < -0.4 is 10.8 Å². The minimum Gasteiger partial charge on any atom is -0.530 e. The molecule has 0 radical (unpaired) electrons. The lowest BCUT2D eigenvalue weighted by molar-refractivity contribution is -0.273. The first-order valence-corrected chi connectivity index (χ1v) is 6.28. The SMILES string of the molecule is CC(c1nc(C(N)=O)cs1)N(C(=O)[O-])C(C)(C)C. The van der Waals surface area contributed by atoms with Gasteiger partial charge in [-0.15, -0.1) is 11.3 Å². The van der Waals surface area contributed by atoms with Crippen molar-refractivity contribution in [2.45, 2.75) is 39.3 Å². The zero-order chi connectivity index (χ0) is 14.1. The Kier molecular flexibility index (Phi) is 3.95. The van der Waals surface area contributed by atoms with E-state index in [0.29, 0.717) is 5.01 Å². The lowest BCUT2D eigenvalue weighted by Gasteiger charge is -2.41. The van der Waals surface area contributed by atoms with Crippen LogP contribution in [-0.4, -0.2) is 27.4 Å². The average Bonchev–Trinajstić information content (AvgIpc) is 2.62. The van der Waals surface area contributed by atoms with E-state index >= 15 is 0 Å². The van der Waals surface area contributed by atoms with Crippen LogP contribution in [0.2, 0.25) is 0 Å². The van der Waals surface area contributed by atoms with E-state index in [1.54, 1.807) is 27.7 Å². The number of aromatic nitrogens is 1. The first-order chi connectivity index (χ1) is 8.14. The van der Waals surface area contributed by atoms with Crippen LogP contribution in [0, 0.1) is 0 Å². The van der Waals surface area contributed by atoms with Crippen molar-refractivity contribution < 1.29 is 14.7 Å². The molecule has 2 amide bonds. The lowest BCUT2D eigenvalue weighted by Crippen LogP contribution is -2.52. The number of carboxylic acid groups (broad SMARTS) is 1.